The number of aliphatic carboxylic acids is 2. The Morgan fingerprint density at radius 3 is 1.80 bits per heavy atom. The highest BCUT2D eigenvalue weighted by molar-refractivity contribution is 6.05. The van der Waals surface area contributed by atoms with Gasteiger partial charge in [-0.3, -0.25) is 15.0 Å². The molecule has 3 aromatic carbocycles. The maximum atomic E-state index is 13.4. The van der Waals surface area contributed by atoms with Crippen LogP contribution in [0.4, 0.5) is 13.2 Å². The van der Waals surface area contributed by atoms with E-state index < -0.39 is 36.7 Å². The lowest BCUT2D eigenvalue weighted by molar-refractivity contribution is -0.192. The summed E-state index contributed by atoms with van der Waals surface area (Å²) >= 11 is 0. The minimum Gasteiger partial charge on any atom is -0.491 e. The van der Waals surface area contributed by atoms with E-state index in [0.717, 1.165) is 5.56 Å². The Kier molecular flexibility index (Phi) is 13.5. The smallest absolute Gasteiger partial charge is 0.490 e. The molecule has 6 N–H and O–H groups in total. The summed E-state index contributed by atoms with van der Waals surface area (Å²) in [5.41, 5.74) is 7.40. The second-order valence-corrected chi connectivity index (χ2v) is 9.08. The molecule has 3 aromatic rings. The topological polar surface area (TPSA) is 198 Å². The number of benzene rings is 3. The summed E-state index contributed by atoms with van der Waals surface area (Å²) < 4.78 is 47.4. The van der Waals surface area contributed by atoms with Gasteiger partial charge in [0.25, 0.3) is 5.91 Å². The van der Waals surface area contributed by atoms with Gasteiger partial charge in [0.05, 0.1) is 12.6 Å². The first-order valence-corrected chi connectivity index (χ1v) is 13.0. The fourth-order valence-corrected chi connectivity index (χ4v) is 3.51. The van der Waals surface area contributed by atoms with E-state index >= 15 is 0 Å². The molecule has 0 aliphatic rings. The highest BCUT2D eigenvalue weighted by atomic mass is 19.4. The van der Waals surface area contributed by atoms with Gasteiger partial charge in [-0.05, 0) is 54.1 Å². The molecule has 0 saturated heterocycles. The fourth-order valence-electron chi connectivity index (χ4n) is 3.51. The summed E-state index contributed by atoms with van der Waals surface area (Å²) in [5, 5.41) is 26.2. The molecule has 1 amide bonds. The van der Waals surface area contributed by atoms with Gasteiger partial charge >= 0.3 is 18.1 Å². The number of hydrogen-bond donors (Lipinski definition) is 5. The molecule has 0 radical (unpaired) electrons. The van der Waals surface area contributed by atoms with Crippen molar-refractivity contribution in [2.24, 2.45) is 5.73 Å². The maximum Gasteiger partial charge on any atom is 0.490 e. The zero-order valence-electron chi connectivity index (χ0n) is 23.8. The largest absolute Gasteiger partial charge is 0.491 e. The number of ketones is 1. The molecule has 0 aliphatic heterocycles. The number of nitrogens with one attached hydrogen (secondary N) is 2. The number of nitrogen functional groups attached to an aromatic ring is 1. The van der Waals surface area contributed by atoms with Gasteiger partial charge in [-0.1, -0.05) is 24.3 Å². The molecule has 0 fully saturated rings. The van der Waals surface area contributed by atoms with Crippen molar-refractivity contribution in [1.82, 2.24) is 5.32 Å². The van der Waals surface area contributed by atoms with E-state index in [2.05, 4.69) is 5.32 Å². The van der Waals surface area contributed by atoms with Gasteiger partial charge in [0.1, 0.15) is 23.9 Å². The van der Waals surface area contributed by atoms with Crippen LogP contribution in [0, 0.1) is 5.41 Å². The SMILES string of the molecule is COCCOc1ccc(C[C@H](NC(=O)c2ccc(C(=N)N)cc2)C(=O)c2ccc(OCC(=O)O)cc2)cc1.O=C(O)C(F)(F)F. The van der Waals surface area contributed by atoms with Crippen LogP contribution in [-0.2, 0) is 20.7 Å². The van der Waals surface area contributed by atoms with Crippen molar-refractivity contribution in [2.45, 2.75) is 18.6 Å². The summed E-state index contributed by atoms with van der Waals surface area (Å²) in [6, 6.07) is 18.5. The van der Waals surface area contributed by atoms with Gasteiger partial charge < -0.3 is 35.5 Å². The molecule has 45 heavy (non-hydrogen) atoms. The average Bonchev–Trinajstić information content (AvgIpc) is 3.00. The van der Waals surface area contributed by atoms with E-state index in [1.165, 1.54) is 36.4 Å². The van der Waals surface area contributed by atoms with Crippen LogP contribution in [-0.4, -0.2) is 78.8 Å². The molecule has 12 nitrogen and oxygen atoms in total. The number of alkyl halides is 3. The third kappa shape index (κ3) is 12.4. The number of carbonyl (C=O) groups excluding carboxylic acids is 2. The Bertz CT molecular complexity index is 1460. The molecule has 240 valence electrons. The van der Waals surface area contributed by atoms with E-state index in [9.17, 15) is 27.6 Å². The minimum absolute atomic E-state index is 0.115. The van der Waals surface area contributed by atoms with Crippen molar-refractivity contribution >= 4 is 29.5 Å². The van der Waals surface area contributed by atoms with Crippen molar-refractivity contribution in [1.29, 1.82) is 5.41 Å². The zero-order valence-corrected chi connectivity index (χ0v) is 23.8. The maximum absolute atomic E-state index is 13.4. The Hall–Kier alpha value is -5.44. The van der Waals surface area contributed by atoms with Gasteiger partial charge in [-0.15, -0.1) is 0 Å². The number of ether oxygens (including phenoxy) is 3. The van der Waals surface area contributed by atoms with Gasteiger partial charge in [-0.2, -0.15) is 13.2 Å². The molecule has 0 bridgehead atoms. The Morgan fingerprint density at radius 2 is 1.31 bits per heavy atom. The number of nitrogens with two attached hydrogens (primary N) is 1. The van der Waals surface area contributed by atoms with Gasteiger partial charge in [0, 0.05) is 30.2 Å². The van der Waals surface area contributed by atoms with Crippen LogP contribution in [0.2, 0.25) is 0 Å². The van der Waals surface area contributed by atoms with Gasteiger partial charge in [0.2, 0.25) is 0 Å². The quantitative estimate of drug-likeness (QED) is 0.0760. The Morgan fingerprint density at radius 1 is 0.822 bits per heavy atom. The highest BCUT2D eigenvalue weighted by Crippen LogP contribution is 2.18. The van der Waals surface area contributed by atoms with E-state index in [1.807, 2.05) is 12.1 Å². The normalized spacial score (nSPS) is 11.3. The molecule has 1 atom stereocenters. The third-order valence-corrected chi connectivity index (χ3v) is 5.74. The average molecular weight is 634 g/mol. The Labute approximate surface area is 255 Å². The van der Waals surface area contributed by atoms with Gasteiger partial charge in [0.15, 0.2) is 12.4 Å². The summed E-state index contributed by atoms with van der Waals surface area (Å²) in [6.45, 7) is 0.360. The first-order valence-electron chi connectivity index (χ1n) is 13.0. The lowest BCUT2D eigenvalue weighted by atomic mass is 9.97. The number of amides is 1. The number of methoxy groups -OCH3 is 1. The van der Waals surface area contributed by atoms with Crippen LogP contribution in [0.15, 0.2) is 72.8 Å². The highest BCUT2D eigenvalue weighted by Gasteiger charge is 2.38. The Balaban J connectivity index is 0.000000900. The van der Waals surface area contributed by atoms with Crippen molar-refractivity contribution in [2.75, 3.05) is 26.9 Å². The van der Waals surface area contributed by atoms with Crippen LogP contribution in [0.1, 0.15) is 31.8 Å². The molecule has 0 saturated carbocycles. The summed E-state index contributed by atoms with van der Waals surface area (Å²) in [6.07, 6.45) is -4.87. The molecule has 3 rings (SSSR count). The van der Waals surface area contributed by atoms with Gasteiger partial charge in [-0.25, -0.2) is 9.59 Å². The van der Waals surface area contributed by atoms with Crippen LogP contribution < -0.4 is 20.5 Å². The van der Waals surface area contributed by atoms with E-state index in [1.54, 1.807) is 31.4 Å². The predicted molar refractivity (Wildman–Crippen MR) is 154 cm³/mol. The van der Waals surface area contributed by atoms with Crippen molar-refractivity contribution in [3.8, 4) is 11.5 Å². The monoisotopic (exact) mass is 633 g/mol. The number of carboxylic acids is 2. The first kappa shape index (κ1) is 35.8. The first-order chi connectivity index (χ1) is 21.2. The lowest BCUT2D eigenvalue weighted by Gasteiger charge is -2.19. The summed E-state index contributed by atoms with van der Waals surface area (Å²) in [5.74, 6) is -3.81. The molecular formula is C30H30F3N3O9. The summed E-state index contributed by atoms with van der Waals surface area (Å²) in [7, 11) is 1.59. The van der Waals surface area contributed by atoms with Crippen molar-refractivity contribution in [3.05, 3.63) is 95.1 Å². The van der Waals surface area contributed by atoms with Crippen LogP contribution >= 0.6 is 0 Å². The van der Waals surface area contributed by atoms with Crippen molar-refractivity contribution in [3.63, 3.8) is 0 Å². The molecule has 0 unspecified atom stereocenters. The molecule has 0 aromatic heterocycles. The predicted octanol–water partition coefficient (Wildman–Crippen LogP) is 3.32. The van der Waals surface area contributed by atoms with E-state index in [4.69, 9.17) is 40.4 Å². The molecule has 0 spiro atoms. The summed E-state index contributed by atoms with van der Waals surface area (Å²) in [4.78, 5) is 46.1. The van der Waals surface area contributed by atoms with Crippen LogP contribution in [0.3, 0.4) is 0 Å². The second kappa shape index (κ2) is 17.0. The molecule has 0 aliphatic carbocycles. The number of rotatable bonds is 14. The van der Waals surface area contributed by atoms with Crippen LogP contribution in [0.5, 0.6) is 11.5 Å². The number of carboxylic acid groups (broad SMARTS) is 2. The number of hydrogen-bond acceptors (Lipinski definition) is 8. The van der Waals surface area contributed by atoms with E-state index in [0.29, 0.717) is 41.4 Å². The van der Waals surface area contributed by atoms with E-state index in [-0.39, 0.29) is 18.0 Å². The minimum atomic E-state index is -5.08. The number of amidine groups is 1. The third-order valence-electron chi connectivity index (χ3n) is 5.74. The molecule has 0 heterocycles. The number of carbonyl (C=O) groups is 4. The lowest BCUT2D eigenvalue weighted by Crippen LogP contribution is -2.42. The standard InChI is InChI=1S/C28H29N3O7.C2HF3O2/c1-36-14-15-37-22-10-2-18(3-11-22)16-24(31-28(35)21-6-4-20(5-7-21)27(29)30)26(34)19-8-12-23(13-9-19)38-17-25(32)33;3-2(4,5)1(6)7/h2-13,24H,14-17H2,1H3,(H3,29,30)(H,31,35)(H,32,33);(H,6,7)/t24-;/m0./s1. The zero-order chi connectivity index (χ0) is 33.6. The number of Topliss-reactive ketones (excluding diaryl/α,β-unsaturated/α-hetero) is 1. The molecular weight excluding hydrogens is 603 g/mol. The fraction of sp³-hybridized carbons (Fsp3) is 0.233. The second-order valence-electron chi connectivity index (χ2n) is 9.08. The van der Waals surface area contributed by atoms with Crippen LogP contribution in [0.25, 0.3) is 0 Å². The number of halogens is 3. The molecule has 15 heteroatoms. The van der Waals surface area contributed by atoms with Crippen molar-refractivity contribution < 1.29 is 56.8 Å².